The zero-order chi connectivity index (χ0) is 13.2. The number of nitrogens with zero attached hydrogens (tertiary/aromatic N) is 3. The maximum absolute atomic E-state index is 9.31. The second kappa shape index (κ2) is 5.13. The van der Waals surface area contributed by atoms with Crippen LogP contribution in [0.5, 0.6) is 0 Å². The summed E-state index contributed by atoms with van der Waals surface area (Å²) in [5.74, 6) is 1.72. The Morgan fingerprint density at radius 2 is 1.89 bits per heavy atom. The van der Waals surface area contributed by atoms with Crippen molar-refractivity contribution in [3.05, 3.63) is 47.0 Å². The largest absolute Gasteiger partial charge is 0.388 e. The third-order valence-corrected chi connectivity index (χ3v) is 3.77. The van der Waals surface area contributed by atoms with Gasteiger partial charge in [-0.2, -0.15) is 0 Å². The molecular weight excluding hydrogens is 238 g/mol. The number of aromatic nitrogens is 3. The number of benzene rings is 1. The molecular formula is C15H19N3O. The third-order valence-electron chi connectivity index (χ3n) is 3.77. The van der Waals surface area contributed by atoms with Crippen molar-refractivity contribution in [2.45, 2.75) is 45.3 Å². The van der Waals surface area contributed by atoms with E-state index in [4.69, 9.17) is 0 Å². The molecule has 0 saturated heterocycles. The summed E-state index contributed by atoms with van der Waals surface area (Å²) in [5, 5.41) is 17.7. The van der Waals surface area contributed by atoms with Crippen molar-refractivity contribution in [1.29, 1.82) is 0 Å². The van der Waals surface area contributed by atoms with Crippen LogP contribution in [0.4, 0.5) is 0 Å². The molecule has 1 N–H and O–H groups in total. The molecule has 0 spiro atoms. The Bertz CT molecular complexity index is 573. The summed E-state index contributed by atoms with van der Waals surface area (Å²) in [6.07, 6.45) is 4.22. The van der Waals surface area contributed by atoms with Crippen LogP contribution in [0.15, 0.2) is 24.3 Å². The number of aliphatic hydroxyl groups is 1. The minimum atomic E-state index is -0.0200. The summed E-state index contributed by atoms with van der Waals surface area (Å²) in [6.45, 7) is 2.12. The van der Waals surface area contributed by atoms with Crippen LogP contribution in [0.2, 0.25) is 0 Å². The lowest BCUT2D eigenvalue weighted by Crippen LogP contribution is -2.07. The molecule has 1 fully saturated rings. The highest BCUT2D eigenvalue weighted by Gasteiger charge is 2.28. The summed E-state index contributed by atoms with van der Waals surface area (Å²) in [6, 6.07) is 8.96. The highest BCUT2D eigenvalue weighted by Crippen LogP contribution is 2.36. The van der Waals surface area contributed by atoms with Crippen molar-refractivity contribution >= 4 is 0 Å². The molecule has 1 heterocycles. The predicted octanol–water partition coefficient (Wildman–Crippen LogP) is 2.20. The molecule has 1 saturated carbocycles. The summed E-state index contributed by atoms with van der Waals surface area (Å²) in [5.41, 5.74) is 2.68. The van der Waals surface area contributed by atoms with Crippen molar-refractivity contribution < 1.29 is 5.11 Å². The fourth-order valence-electron chi connectivity index (χ4n) is 2.53. The first-order chi connectivity index (χ1) is 9.29. The zero-order valence-corrected chi connectivity index (χ0v) is 11.2. The lowest BCUT2D eigenvalue weighted by atomic mass is 10.0. The Morgan fingerprint density at radius 3 is 2.58 bits per heavy atom. The van der Waals surface area contributed by atoms with Crippen LogP contribution >= 0.6 is 0 Å². The fraction of sp³-hybridized carbons (Fsp3) is 0.467. The van der Waals surface area contributed by atoms with E-state index in [0.29, 0.717) is 11.9 Å². The molecule has 1 aliphatic carbocycles. The van der Waals surface area contributed by atoms with Gasteiger partial charge in [0.25, 0.3) is 0 Å². The highest BCUT2D eigenvalue weighted by molar-refractivity contribution is 5.26. The first-order valence-corrected chi connectivity index (χ1v) is 6.87. The van der Waals surface area contributed by atoms with E-state index in [1.54, 1.807) is 0 Å². The number of rotatable bonds is 5. The number of aryl methyl sites for hydroxylation is 3. The van der Waals surface area contributed by atoms with Crippen LogP contribution in [0.25, 0.3) is 0 Å². The van der Waals surface area contributed by atoms with E-state index in [-0.39, 0.29) is 6.61 Å². The van der Waals surface area contributed by atoms with Crippen molar-refractivity contribution in [2.24, 2.45) is 0 Å². The standard InChI is InChI=1S/C15H19N3O/c1-11-4-2-3-5-12(11)6-9-14-16-17-15(10-19)18(14)13-7-8-13/h2-5,13,19H,6-10H2,1H3. The van der Waals surface area contributed by atoms with Gasteiger partial charge in [0.05, 0.1) is 0 Å². The summed E-state index contributed by atoms with van der Waals surface area (Å²) in [4.78, 5) is 0. The Labute approximate surface area is 113 Å². The van der Waals surface area contributed by atoms with Crippen LogP contribution in [0.3, 0.4) is 0 Å². The molecule has 100 valence electrons. The minimum Gasteiger partial charge on any atom is -0.388 e. The molecule has 3 rings (SSSR count). The molecule has 0 bridgehead atoms. The molecule has 1 aromatic heterocycles. The SMILES string of the molecule is Cc1ccccc1CCc1nnc(CO)n1C1CC1. The topological polar surface area (TPSA) is 50.9 Å². The lowest BCUT2D eigenvalue weighted by molar-refractivity contribution is 0.264. The van der Waals surface area contributed by atoms with Crippen molar-refractivity contribution in [3.63, 3.8) is 0 Å². The van der Waals surface area contributed by atoms with E-state index in [2.05, 4.69) is 46.0 Å². The first kappa shape index (κ1) is 12.4. The molecule has 0 aliphatic heterocycles. The average molecular weight is 257 g/mol. The summed E-state index contributed by atoms with van der Waals surface area (Å²) >= 11 is 0. The second-order valence-electron chi connectivity index (χ2n) is 5.22. The first-order valence-electron chi connectivity index (χ1n) is 6.87. The van der Waals surface area contributed by atoms with E-state index < -0.39 is 0 Å². The van der Waals surface area contributed by atoms with Crippen LogP contribution in [-0.2, 0) is 19.4 Å². The number of aliphatic hydroxyl groups excluding tert-OH is 1. The van der Waals surface area contributed by atoms with E-state index in [1.165, 1.54) is 24.0 Å². The quantitative estimate of drug-likeness (QED) is 0.893. The van der Waals surface area contributed by atoms with Gasteiger partial charge in [0.15, 0.2) is 5.82 Å². The van der Waals surface area contributed by atoms with Crippen molar-refractivity contribution in [2.75, 3.05) is 0 Å². The molecule has 0 amide bonds. The Balaban J connectivity index is 1.77. The van der Waals surface area contributed by atoms with Crippen LogP contribution in [0, 0.1) is 6.92 Å². The molecule has 4 nitrogen and oxygen atoms in total. The molecule has 1 aliphatic rings. The van der Waals surface area contributed by atoms with Gasteiger partial charge in [-0.3, -0.25) is 0 Å². The van der Waals surface area contributed by atoms with Crippen LogP contribution in [-0.4, -0.2) is 19.9 Å². The monoisotopic (exact) mass is 257 g/mol. The molecule has 1 aromatic carbocycles. The summed E-state index contributed by atoms with van der Waals surface area (Å²) < 4.78 is 2.14. The normalized spacial score (nSPS) is 14.8. The van der Waals surface area contributed by atoms with Gasteiger partial charge in [0.1, 0.15) is 12.4 Å². The van der Waals surface area contributed by atoms with E-state index >= 15 is 0 Å². The third kappa shape index (κ3) is 2.54. The number of hydrogen-bond acceptors (Lipinski definition) is 3. The Kier molecular flexibility index (Phi) is 3.34. The second-order valence-corrected chi connectivity index (χ2v) is 5.22. The van der Waals surface area contributed by atoms with Crippen molar-refractivity contribution in [3.8, 4) is 0 Å². The van der Waals surface area contributed by atoms with Crippen LogP contribution < -0.4 is 0 Å². The fourth-order valence-corrected chi connectivity index (χ4v) is 2.53. The molecule has 0 atom stereocenters. The lowest BCUT2D eigenvalue weighted by Gasteiger charge is -2.08. The number of hydrogen-bond donors (Lipinski definition) is 1. The maximum atomic E-state index is 9.31. The predicted molar refractivity (Wildman–Crippen MR) is 72.8 cm³/mol. The molecule has 0 unspecified atom stereocenters. The van der Waals surface area contributed by atoms with Gasteiger partial charge < -0.3 is 9.67 Å². The maximum Gasteiger partial charge on any atom is 0.159 e. The van der Waals surface area contributed by atoms with Gasteiger partial charge in [-0.25, -0.2) is 0 Å². The highest BCUT2D eigenvalue weighted by atomic mass is 16.3. The van der Waals surface area contributed by atoms with Gasteiger partial charge in [0, 0.05) is 12.5 Å². The smallest absolute Gasteiger partial charge is 0.159 e. The molecule has 4 heteroatoms. The Hall–Kier alpha value is -1.68. The van der Waals surface area contributed by atoms with Crippen molar-refractivity contribution in [1.82, 2.24) is 14.8 Å². The van der Waals surface area contributed by atoms with Gasteiger partial charge >= 0.3 is 0 Å². The van der Waals surface area contributed by atoms with Gasteiger partial charge in [-0.15, -0.1) is 10.2 Å². The average Bonchev–Trinajstić information content (AvgIpc) is 3.18. The van der Waals surface area contributed by atoms with E-state index in [0.717, 1.165) is 18.7 Å². The van der Waals surface area contributed by atoms with Gasteiger partial charge in [-0.1, -0.05) is 24.3 Å². The molecule has 0 radical (unpaired) electrons. The van der Waals surface area contributed by atoms with Gasteiger partial charge in [0.2, 0.25) is 0 Å². The molecule has 2 aromatic rings. The van der Waals surface area contributed by atoms with E-state index in [9.17, 15) is 5.11 Å². The van der Waals surface area contributed by atoms with Crippen LogP contribution in [0.1, 0.15) is 41.7 Å². The Morgan fingerprint density at radius 1 is 1.16 bits per heavy atom. The zero-order valence-electron chi connectivity index (χ0n) is 11.2. The van der Waals surface area contributed by atoms with E-state index in [1.807, 2.05) is 0 Å². The van der Waals surface area contributed by atoms with Gasteiger partial charge in [-0.05, 0) is 37.3 Å². The minimum absolute atomic E-state index is 0.0200. The molecule has 19 heavy (non-hydrogen) atoms. The summed E-state index contributed by atoms with van der Waals surface area (Å²) in [7, 11) is 0.